The molecule has 1 aromatic heterocycles. The highest BCUT2D eigenvalue weighted by molar-refractivity contribution is 5.95. The molecule has 0 spiro atoms. The molecule has 0 aliphatic heterocycles. The molecule has 2 aromatic carbocycles. The van der Waals surface area contributed by atoms with Gasteiger partial charge < -0.3 is 20.1 Å². The lowest BCUT2D eigenvalue weighted by atomic mass is 9.78. The van der Waals surface area contributed by atoms with E-state index >= 15 is 0 Å². The number of hydrogen-bond donors (Lipinski definition) is 2. The summed E-state index contributed by atoms with van der Waals surface area (Å²) in [6, 6.07) is 15.8. The molecule has 8 nitrogen and oxygen atoms in total. The van der Waals surface area contributed by atoms with Crippen LogP contribution in [0.2, 0.25) is 0 Å². The number of anilines is 1. The van der Waals surface area contributed by atoms with Gasteiger partial charge in [0.1, 0.15) is 5.75 Å². The molecule has 2 N–H and O–H groups in total. The van der Waals surface area contributed by atoms with Crippen LogP contribution in [0.25, 0.3) is 11.1 Å². The predicted octanol–water partition coefficient (Wildman–Crippen LogP) is 7.74. The van der Waals surface area contributed by atoms with Gasteiger partial charge in [-0.1, -0.05) is 24.3 Å². The number of aryl methyl sites for hydroxylation is 1. The molecule has 4 aliphatic rings. The maximum atomic E-state index is 14.5. The van der Waals surface area contributed by atoms with E-state index in [2.05, 4.69) is 75.6 Å². The quantitative estimate of drug-likeness (QED) is 0.231. The van der Waals surface area contributed by atoms with Crippen molar-refractivity contribution in [3.8, 4) is 16.9 Å². The standard InChI is InChI=1S/C41H54N4O4/c1-27-22-33(14-21-39(27)49-2)29-8-6-28(7-9-29)25-44(37-5-3-4-32(23-37)34-24-42-45(26-34)36-17-18-36)41(48)31-10-15-35(16-11-31)43-40(47)30-12-19-38(46)20-13-30/h3-5,14,21-24,26,28-31,35-36,38,46H,6-13,15-20,25H2,1-2H3,(H,43,47)/t28-,29-,30-,31-,35-,38-. The summed E-state index contributed by atoms with van der Waals surface area (Å²) >= 11 is 0. The van der Waals surface area contributed by atoms with E-state index in [-0.39, 0.29) is 35.8 Å². The molecule has 49 heavy (non-hydrogen) atoms. The summed E-state index contributed by atoms with van der Waals surface area (Å²) in [6.07, 6.45) is 16.9. The number of carbonyl (C=O) groups is 2. The van der Waals surface area contributed by atoms with Crippen molar-refractivity contribution in [2.75, 3.05) is 18.6 Å². The monoisotopic (exact) mass is 666 g/mol. The first-order valence-corrected chi connectivity index (χ1v) is 18.9. The number of benzene rings is 2. The number of aliphatic hydroxyl groups excluding tert-OH is 1. The van der Waals surface area contributed by atoms with Gasteiger partial charge in [-0.05, 0) is 144 Å². The zero-order chi connectivity index (χ0) is 33.9. The second-order valence-corrected chi connectivity index (χ2v) is 15.4. The van der Waals surface area contributed by atoms with Crippen LogP contribution in [0.4, 0.5) is 5.69 Å². The second kappa shape index (κ2) is 15.1. The lowest BCUT2D eigenvalue weighted by Gasteiger charge is -2.37. The Morgan fingerprint density at radius 2 is 1.61 bits per heavy atom. The van der Waals surface area contributed by atoms with Crippen LogP contribution in [0.15, 0.2) is 54.9 Å². The summed E-state index contributed by atoms with van der Waals surface area (Å²) in [5, 5.41) is 17.8. The van der Waals surface area contributed by atoms with E-state index in [1.165, 1.54) is 24.0 Å². The minimum atomic E-state index is -0.262. The fourth-order valence-corrected chi connectivity index (χ4v) is 8.66. The van der Waals surface area contributed by atoms with E-state index in [0.29, 0.717) is 30.7 Å². The summed E-state index contributed by atoms with van der Waals surface area (Å²) in [6.45, 7) is 2.86. The van der Waals surface area contributed by atoms with Crippen molar-refractivity contribution in [2.24, 2.45) is 17.8 Å². The Hall–Kier alpha value is -3.65. The molecule has 0 radical (unpaired) electrons. The molecule has 3 aromatic rings. The van der Waals surface area contributed by atoms with Crippen LogP contribution < -0.4 is 15.0 Å². The molecule has 1 heterocycles. The van der Waals surface area contributed by atoms with Gasteiger partial charge in [0.25, 0.3) is 0 Å². The van der Waals surface area contributed by atoms with Crippen LogP contribution in [-0.4, -0.2) is 52.5 Å². The van der Waals surface area contributed by atoms with Gasteiger partial charge >= 0.3 is 0 Å². The van der Waals surface area contributed by atoms with Gasteiger partial charge in [-0.25, -0.2) is 0 Å². The van der Waals surface area contributed by atoms with Crippen LogP contribution in [0, 0.1) is 24.7 Å². The first kappa shape index (κ1) is 33.8. The average molecular weight is 667 g/mol. The van der Waals surface area contributed by atoms with E-state index in [0.717, 1.165) is 93.3 Å². The molecule has 0 atom stereocenters. The fraction of sp³-hybridized carbons (Fsp3) is 0.585. The lowest BCUT2D eigenvalue weighted by molar-refractivity contribution is -0.127. The topological polar surface area (TPSA) is 96.7 Å². The minimum absolute atomic E-state index is 0.00531. The fourth-order valence-electron chi connectivity index (χ4n) is 8.66. The van der Waals surface area contributed by atoms with Crippen molar-refractivity contribution in [2.45, 2.75) is 121 Å². The highest BCUT2D eigenvalue weighted by atomic mass is 16.5. The summed E-state index contributed by atoms with van der Waals surface area (Å²) in [4.78, 5) is 29.6. The number of ether oxygens (including phenoxy) is 1. The smallest absolute Gasteiger partial charge is 0.230 e. The van der Waals surface area contributed by atoms with Crippen molar-refractivity contribution >= 4 is 17.5 Å². The molecule has 8 heteroatoms. The van der Waals surface area contributed by atoms with Gasteiger partial charge in [0.15, 0.2) is 0 Å². The molecule has 0 unspecified atom stereocenters. The van der Waals surface area contributed by atoms with E-state index in [4.69, 9.17) is 4.74 Å². The maximum absolute atomic E-state index is 14.5. The van der Waals surface area contributed by atoms with Gasteiger partial charge in [-0.15, -0.1) is 0 Å². The number of aliphatic hydroxyl groups is 1. The van der Waals surface area contributed by atoms with Gasteiger partial charge in [0.05, 0.1) is 25.5 Å². The summed E-state index contributed by atoms with van der Waals surface area (Å²) < 4.78 is 7.58. The van der Waals surface area contributed by atoms with Gasteiger partial charge in [-0.3, -0.25) is 14.3 Å². The van der Waals surface area contributed by atoms with Gasteiger partial charge in [0, 0.05) is 41.9 Å². The Morgan fingerprint density at radius 1 is 0.878 bits per heavy atom. The van der Waals surface area contributed by atoms with Crippen LogP contribution in [-0.2, 0) is 9.59 Å². The summed E-state index contributed by atoms with van der Waals surface area (Å²) in [5.74, 6) is 2.25. The van der Waals surface area contributed by atoms with Crippen molar-refractivity contribution in [1.82, 2.24) is 15.1 Å². The molecule has 4 fully saturated rings. The number of carbonyl (C=O) groups excluding carboxylic acids is 2. The van der Waals surface area contributed by atoms with Gasteiger partial charge in [0.2, 0.25) is 11.8 Å². The van der Waals surface area contributed by atoms with E-state index in [1.54, 1.807) is 7.11 Å². The summed E-state index contributed by atoms with van der Waals surface area (Å²) in [7, 11) is 1.73. The molecule has 2 amide bonds. The normalized spacial score (nSPS) is 27.3. The Kier molecular flexibility index (Phi) is 10.4. The van der Waals surface area contributed by atoms with Crippen molar-refractivity contribution < 1.29 is 19.4 Å². The first-order chi connectivity index (χ1) is 23.8. The molecule has 7 rings (SSSR count). The van der Waals surface area contributed by atoms with E-state index in [1.807, 2.05) is 6.20 Å². The number of rotatable bonds is 10. The predicted molar refractivity (Wildman–Crippen MR) is 193 cm³/mol. The Morgan fingerprint density at radius 3 is 2.31 bits per heavy atom. The number of nitrogens with zero attached hydrogens (tertiary/aromatic N) is 3. The van der Waals surface area contributed by atoms with Crippen LogP contribution >= 0.6 is 0 Å². The Labute approximate surface area is 291 Å². The van der Waals surface area contributed by atoms with Crippen molar-refractivity contribution in [1.29, 1.82) is 0 Å². The highest BCUT2D eigenvalue weighted by Gasteiger charge is 2.34. The molecule has 4 aliphatic carbocycles. The molecular formula is C41H54N4O4. The number of amides is 2. The number of hydrogen-bond acceptors (Lipinski definition) is 5. The molecule has 4 saturated carbocycles. The first-order valence-electron chi connectivity index (χ1n) is 18.9. The molecular weight excluding hydrogens is 612 g/mol. The third kappa shape index (κ3) is 8.06. The zero-order valence-electron chi connectivity index (χ0n) is 29.4. The van der Waals surface area contributed by atoms with E-state index in [9.17, 15) is 14.7 Å². The van der Waals surface area contributed by atoms with Crippen molar-refractivity contribution in [3.63, 3.8) is 0 Å². The number of aromatic nitrogens is 2. The largest absolute Gasteiger partial charge is 0.496 e. The van der Waals surface area contributed by atoms with Crippen LogP contribution in [0.5, 0.6) is 5.75 Å². The van der Waals surface area contributed by atoms with Crippen LogP contribution in [0.1, 0.15) is 113 Å². The number of methoxy groups -OCH3 is 1. The summed E-state index contributed by atoms with van der Waals surface area (Å²) in [5.41, 5.74) is 5.76. The maximum Gasteiger partial charge on any atom is 0.230 e. The Balaban J connectivity index is 1.03. The van der Waals surface area contributed by atoms with E-state index < -0.39 is 0 Å². The third-order valence-electron chi connectivity index (χ3n) is 11.9. The second-order valence-electron chi connectivity index (χ2n) is 15.4. The minimum Gasteiger partial charge on any atom is -0.496 e. The zero-order valence-corrected chi connectivity index (χ0v) is 29.4. The molecule has 262 valence electrons. The average Bonchev–Trinajstić information content (AvgIpc) is 3.86. The third-order valence-corrected chi connectivity index (χ3v) is 11.9. The van der Waals surface area contributed by atoms with Crippen LogP contribution in [0.3, 0.4) is 0 Å². The SMILES string of the molecule is COc1ccc([C@H]2CC[C@H](CN(c3cccc(-c4cnn(C5CC5)c4)c3)C(=O)[C@H]3CC[C@H](NC(=O)[C@H]4CC[C@H](O)CC4)CC3)CC2)cc1C. The Bertz CT molecular complexity index is 1590. The molecule has 0 saturated heterocycles. The highest BCUT2D eigenvalue weighted by Crippen LogP contribution is 2.40. The number of nitrogens with one attached hydrogen (secondary N) is 1. The molecule has 0 bridgehead atoms. The lowest BCUT2D eigenvalue weighted by Crippen LogP contribution is -2.45. The van der Waals surface area contributed by atoms with Gasteiger partial charge in [-0.2, -0.15) is 5.10 Å². The van der Waals surface area contributed by atoms with Crippen molar-refractivity contribution in [3.05, 3.63) is 66.0 Å².